The number of carbonyl (C=O) groups is 1. The molecule has 8 nitrogen and oxygen atoms in total. The topological polar surface area (TPSA) is 84.5 Å². The number of aryl methyl sites for hydroxylation is 1. The molecule has 0 bridgehead atoms. The minimum Gasteiger partial charge on any atom is -0.378 e. The fourth-order valence-corrected chi connectivity index (χ4v) is 4.03. The van der Waals surface area contributed by atoms with Crippen LogP contribution in [0.5, 0.6) is 0 Å². The van der Waals surface area contributed by atoms with Crippen LogP contribution in [0.2, 0.25) is 0 Å². The Morgan fingerprint density at radius 3 is 2.83 bits per heavy atom. The van der Waals surface area contributed by atoms with Crippen LogP contribution in [-0.4, -0.2) is 31.6 Å². The van der Waals surface area contributed by atoms with E-state index in [1.165, 1.54) is 4.57 Å². The monoisotopic (exact) mass is 388 g/mol. The molecule has 1 aliphatic heterocycles. The number of hydrogen-bond acceptors (Lipinski definition) is 5. The zero-order valence-corrected chi connectivity index (χ0v) is 16.2. The van der Waals surface area contributed by atoms with Crippen molar-refractivity contribution in [2.45, 2.75) is 19.9 Å². The van der Waals surface area contributed by atoms with Crippen LogP contribution in [0, 0.1) is 0 Å². The second-order valence-corrected chi connectivity index (χ2v) is 7.25. The number of fused-ring (bicyclic) bond motifs is 4. The molecule has 0 atom stereocenters. The van der Waals surface area contributed by atoms with Gasteiger partial charge in [-0.2, -0.15) is 0 Å². The van der Waals surface area contributed by atoms with Gasteiger partial charge in [-0.1, -0.05) is 12.1 Å². The van der Waals surface area contributed by atoms with Crippen LogP contribution in [0.25, 0.3) is 16.7 Å². The molecule has 146 valence electrons. The molecule has 0 saturated carbocycles. The Hall–Kier alpha value is -3.68. The molecule has 0 unspecified atom stereocenters. The van der Waals surface area contributed by atoms with Gasteiger partial charge in [0.15, 0.2) is 5.82 Å². The summed E-state index contributed by atoms with van der Waals surface area (Å²) in [7, 11) is 1.71. The van der Waals surface area contributed by atoms with Crippen LogP contribution in [0.15, 0.2) is 47.3 Å². The van der Waals surface area contributed by atoms with Crippen molar-refractivity contribution in [1.29, 1.82) is 0 Å². The van der Waals surface area contributed by atoms with Gasteiger partial charge in [0.1, 0.15) is 0 Å². The van der Waals surface area contributed by atoms with Gasteiger partial charge in [-0.3, -0.25) is 18.6 Å². The van der Waals surface area contributed by atoms with E-state index >= 15 is 0 Å². The molecule has 8 heteroatoms. The summed E-state index contributed by atoms with van der Waals surface area (Å²) in [6, 6.07) is 13.5. The number of rotatable bonds is 3. The van der Waals surface area contributed by atoms with E-state index in [4.69, 9.17) is 0 Å². The lowest BCUT2D eigenvalue weighted by molar-refractivity contribution is -0.116. The third-order valence-corrected chi connectivity index (χ3v) is 5.50. The van der Waals surface area contributed by atoms with Gasteiger partial charge in [-0.05, 0) is 42.3 Å². The molecule has 0 aliphatic carbocycles. The van der Waals surface area contributed by atoms with Crippen LogP contribution in [-0.2, 0) is 24.8 Å². The molecule has 3 heterocycles. The predicted molar refractivity (Wildman–Crippen MR) is 111 cm³/mol. The number of aromatic nitrogens is 4. The molecule has 2 aromatic heterocycles. The van der Waals surface area contributed by atoms with E-state index < -0.39 is 0 Å². The molecule has 1 N–H and O–H groups in total. The first kappa shape index (κ1) is 17.4. The van der Waals surface area contributed by atoms with Crippen molar-refractivity contribution >= 4 is 34.0 Å². The Morgan fingerprint density at radius 1 is 1.17 bits per heavy atom. The summed E-state index contributed by atoms with van der Waals surface area (Å²) in [6.45, 7) is 2.77. The first-order valence-electron chi connectivity index (χ1n) is 9.51. The van der Waals surface area contributed by atoms with Crippen molar-refractivity contribution in [2.75, 3.05) is 16.8 Å². The lowest BCUT2D eigenvalue weighted by atomic mass is 10.1. The van der Waals surface area contributed by atoms with Gasteiger partial charge in [0, 0.05) is 31.9 Å². The Labute approximate surface area is 166 Å². The maximum atomic E-state index is 12.6. The third kappa shape index (κ3) is 2.67. The lowest BCUT2D eigenvalue weighted by Gasteiger charge is -2.15. The maximum Gasteiger partial charge on any atom is 0.262 e. The maximum absolute atomic E-state index is 12.6. The zero-order chi connectivity index (χ0) is 20.1. The number of benzene rings is 2. The van der Waals surface area contributed by atoms with E-state index in [0.29, 0.717) is 17.7 Å². The number of nitrogens with zero attached hydrogens (tertiary/aromatic N) is 5. The summed E-state index contributed by atoms with van der Waals surface area (Å²) in [5, 5.41) is 12.6. The van der Waals surface area contributed by atoms with Gasteiger partial charge in [0.2, 0.25) is 11.7 Å². The second-order valence-electron chi connectivity index (χ2n) is 7.25. The van der Waals surface area contributed by atoms with Crippen molar-refractivity contribution < 1.29 is 4.79 Å². The number of hydrogen-bond donors (Lipinski definition) is 1. The highest BCUT2D eigenvalue weighted by Gasteiger charge is 2.22. The molecule has 1 amide bonds. The van der Waals surface area contributed by atoms with E-state index in [1.54, 1.807) is 18.9 Å². The van der Waals surface area contributed by atoms with Crippen molar-refractivity contribution in [2.24, 2.45) is 7.05 Å². The molecule has 0 fully saturated rings. The van der Waals surface area contributed by atoms with Crippen LogP contribution in [0.4, 0.5) is 11.4 Å². The molecular weight excluding hydrogens is 368 g/mol. The molecule has 0 spiro atoms. The van der Waals surface area contributed by atoms with E-state index in [1.807, 2.05) is 40.8 Å². The summed E-state index contributed by atoms with van der Waals surface area (Å²) in [5.74, 6) is 1.30. The lowest BCUT2D eigenvalue weighted by Crippen LogP contribution is -2.25. The molecule has 0 radical (unpaired) electrons. The van der Waals surface area contributed by atoms with Gasteiger partial charge in [0.05, 0.1) is 17.4 Å². The summed E-state index contributed by atoms with van der Waals surface area (Å²) >= 11 is 0. The average Bonchev–Trinajstić information content (AvgIpc) is 3.34. The number of anilines is 2. The van der Waals surface area contributed by atoms with Crippen LogP contribution < -0.4 is 15.8 Å². The van der Waals surface area contributed by atoms with Crippen LogP contribution in [0.1, 0.15) is 18.3 Å². The Bertz CT molecular complexity index is 1340. The fourth-order valence-electron chi connectivity index (χ4n) is 4.03. The normalized spacial score (nSPS) is 13.2. The molecular formula is C21H20N6O2. The van der Waals surface area contributed by atoms with E-state index in [2.05, 4.69) is 21.6 Å². The Kier molecular flexibility index (Phi) is 3.87. The second kappa shape index (κ2) is 6.44. The number of para-hydroxylation sites is 1. The molecule has 0 saturated heterocycles. The van der Waals surface area contributed by atoms with Crippen molar-refractivity contribution in [3.05, 3.63) is 64.2 Å². The van der Waals surface area contributed by atoms with Crippen molar-refractivity contribution in [3.8, 4) is 0 Å². The van der Waals surface area contributed by atoms with Crippen LogP contribution >= 0.6 is 0 Å². The summed E-state index contributed by atoms with van der Waals surface area (Å²) in [5.41, 5.74) is 3.80. The minimum absolute atomic E-state index is 0.0666. The summed E-state index contributed by atoms with van der Waals surface area (Å²) < 4.78 is 3.43. The molecule has 1 aliphatic rings. The standard InChI is InChI=1S/C21H20N6O2/c1-13(28)26-10-9-14-11-15(7-8-17(14)26)22-12-19-23-24-21-25(2)20(29)16-5-3-4-6-18(16)27(19)21/h3-8,11,22H,9-10,12H2,1-2H3. The largest absolute Gasteiger partial charge is 0.378 e. The highest BCUT2D eigenvalue weighted by atomic mass is 16.2. The zero-order valence-electron chi connectivity index (χ0n) is 16.2. The number of nitrogens with one attached hydrogen (secondary N) is 1. The van der Waals surface area contributed by atoms with Crippen LogP contribution in [0.3, 0.4) is 0 Å². The molecule has 4 aromatic rings. The smallest absolute Gasteiger partial charge is 0.262 e. The Morgan fingerprint density at radius 2 is 2.00 bits per heavy atom. The average molecular weight is 388 g/mol. The van der Waals surface area contributed by atoms with Crippen molar-refractivity contribution in [1.82, 2.24) is 19.2 Å². The molecule has 29 heavy (non-hydrogen) atoms. The quantitative estimate of drug-likeness (QED) is 0.581. The predicted octanol–water partition coefficient (Wildman–Crippen LogP) is 2.10. The summed E-state index contributed by atoms with van der Waals surface area (Å²) in [4.78, 5) is 26.1. The number of carbonyl (C=O) groups excluding carboxylic acids is 1. The third-order valence-electron chi connectivity index (χ3n) is 5.50. The highest BCUT2D eigenvalue weighted by molar-refractivity contribution is 5.94. The number of amides is 1. The first-order valence-corrected chi connectivity index (χ1v) is 9.51. The molecule has 5 rings (SSSR count). The van der Waals surface area contributed by atoms with E-state index in [9.17, 15) is 9.59 Å². The SMILES string of the molecule is CC(=O)N1CCc2cc(NCc3nnc4n(C)c(=O)c5ccccc5n34)ccc21. The van der Waals surface area contributed by atoms with Gasteiger partial charge in [-0.25, -0.2) is 0 Å². The minimum atomic E-state index is -0.0892. The summed E-state index contributed by atoms with van der Waals surface area (Å²) in [6.07, 6.45) is 0.852. The van der Waals surface area contributed by atoms with Gasteiger partial charge in [0.25, 0.3) is 5.56 Å². The fraction of sp³-hybridized carbons (Fsp3) is 0.238. The van der Waals surface area contributed by atoms with Gasteiger partial charge >= 0.3 is 0 Å². The first-order chi connectivity index (χ1) is 14.0. The molecule has 2 aromatic carbocycles. The van der Waals surface area contributed by atoms with Gasteiger partial charge in [-0.15, -0.1) is 10.2 Å². The van der Waals surface area contributed by atoms with E-state index in [0.717, 1.165) is 41.2 Å². The van der Waals surface area contributed by atoms with Gasteiger partial charge < -0.3 is 10.2 Å². The van der Waals surface area contributed by atoms with E-state index in [-0.39, 0.29) is 11.5 Å². The highest BCUT2D eigenvalue weighted by Crippen LogP contribution is 2.30. The Balaban J connectivity index is 1.50. The van der Waals surface area contributed by atoms with Crippen molar-refractivity contribution in [3.63, 3.8) is 0 Å².